The van der Waals surface area contributed by atoms with Gasteiger partial charge in [-0.15, -0.1) is 24.0 Å². The van der Waals surface area contributed by atoms with Crippen LogP contribution in [-0.2, 0) is 11.3 Å². The third kappa shape index (κ3) is 8.08. The van der Waals surface area contributed by atoms with Crippen LogP contribution in [0.4, 0.5) is 0 Å². The van der Waals surface area contributed by atoms with E-state index < -0.39 is 0 Å². The molecule has 0 spiro atoms. The topological polar surface area (TPSA) is 64.9 Å². The summed E-state index contributed by atoms with van der Waals surface area (Å²) in [6.07, 6.45) is 4.12. The van der Waals surface area contributed by atoms with Gasteiger partial charge >= 0.3 is 0 Å². The van der Waals surface area contributed by atoms with Gasteiger partial charge in [0.05, 0.1) is 6.54 Å². The first-order chi connectivity index (χ1) is 11.7. The molecule has 7 nitrogen and oxygen atoms in total. The monoisotopic (exact) mass is 462 g/mol. The predicted octanol–water partition coefficient (Wildman–Crippen LogP) is 0.825. The van der Waals surface area contributed by atoms with Crippen molar-refractivity contribution in [2.75, 3.05) is 52.4 Å². The zero-order valence-corrected chi connectivity index (χ0v) is 17.6. The van der Waals surface area contributed by atoms with E-state index in [2.05, 4.69) is 44.4 Å². The van der Waals surface area contributed by atoms with Gasteiger partial charge in [-0.2, -0.15) is 0 Å². The standard InChI is InChI=1S/C17H30N6O.HI/c1-3-18-17(19-6-10-21-8-4-5-9-21)20-7-11-22-12-14-23(15-13-22)16(2)24;/h4-5,8-9H,3,6-7,10-15H2,1-2H3,(H2,18,19,20);1H. The highest BCUT2D eigenvalue weighted by Crippen LogP contribution is 2.01. The van der Waals surface area contributed by atoms with Gasteiger partial charge < -0.3 is 20.1 Å². The van der Waals surface area contributed by atoms with Gasteiger partial charge in [-0.25, -0.2) is 0 Å². The molecule has 1 aromatic rings. The molecule has 2 heterocycles. The number of hydrogen-bond donors (Lipinski definition) is 2. The van der Waals surface area contributed by atoms with Crippen LogP contribution in [0.2, 0.25) is 0 Å². The molecule has 0 saturated carbocycles. The number of carbonyl (C=O) groups is 1. The number of nitrogens with zero attached hydrogens (tertiary/aromatic N) is 4. The van der Waals surface area contributed by atoms with Crippen LogP contribution in [0.15, 0.2) is 29.5 Å². The van der Waals surface area contributed by atoms with Gasteiger partial charge in [0.15, 0.2) is 5.96 Å². The summed E-state index contributed by atoms with van der Waals surface area (Å²) in [5, 5.41) is 6.65. The Labute approximate surface area is 167 Å². The number of aliphatic imine (C=N–C) groups is 1. The second kappa shape index (κ2) is 12.1. The minimum absolute atomic E-state index is 0. The Morgan fingerprint density at radius 3 is 2.36 bits per heavy atom. The SMILES string of the molecule is CCNC(=NCCN1CCN(C(C)=O)CC1)NCCn1cccc1.I. The fourth-order valence-electron chi connectivity index (χ4n) is 2.75. The summed E-state index contributed by atoms with van der Waals surface area (Å²) in [6, 6.07) is 4.07. The largest absolute Gasteiger partial charge is 0.357 e. The van der Waals surface area contributed by atoms with E-state index in [1.807, 2.05) is 17.0 Å². The lowest BCUT2D eigenvalue weighted by atomic mass is 10.3. The summed E-state index contributed by atoms with van der Waals surface area (Å²) in [7, 11) is 0. The van der Waals surface area contributed by atoms with Gasteiger partial charge in [0.1, 0.15) is 0 Å². The second-order valence-corrected chi connectivity index (χ2v) is 5.96. The molecule has 0 atom stereocenters. The van der Waals surface area contributed by atoms with Crippen LogP contribution in [0.25, 0.3) is 0 Å². The molecule has 2 rings (SSSR count). The van der Waals surface area contributed by atoms with E-state index >= 15 is 0 Å². The zero-order chi connectivity index (χ0) is 17.2. The molecule has 25 heavy (non-hydrogen) atoms. The molecule has 1 saturated heterocycles. The van der Waals surface area contributed by atoms with E-state index in [0.29, 0.717) is 0 Å². The Balaban J connectivity index is 0.00000312. The fourth-order valence-corrected chi connectivity index (χ4v) is 2.75. The van der Waals surface area contributed by atoms with E-state index in [9.17, 15) is 4.79 Å². The molecule has 1 amide bonds. The van der Waals surface area contributed by atoms with Gasteiger partial charge in [-0.05, 0) is 19.1 Å². The molecule has 0 aliphatic carbocycles. The van der Waals surface area contributed by atoms with E-state index in [0.717, 1.165) is 64.9 Å². The summed E-state index contributed by atoms with van der Waals surface area (Å²) in [5.41, 5.74) is 0. The van der Waals surface area contributed by atoms with Gasteiger partial charge in [0.25, 0.3) is 0 Å². The van der Waals surface area contributed by atoms with Crippen molar-refractivity contribution in [1.29, 1.82) is 0 Å². The Morgan fingerprint density at radius 2 is 1.76 bits per heavy atom. The second-order valence-electron chi connectivity index (χ2n) is 5.96. The van der Waals surface area contributed by atoms with E-state index in [-0.39, 0.29) is 29.9 Å². The van der Waals surface area contributed by atoms with E-state index in [1.54, 1.807) is 6.92 Å². The van der Waals surface area contributed by atoms with Crippen molar-refractivity contribution in [3.05, 3.63) is 24.5 Å². The van der Waals surface area contributed by atoms with Crippen molar-refractivity contribution in [3.8, 4) is 0 Å². The molecule has 1 aliphatic heterocycles. The Hall–Kier alpha value is -1.29. The number of hydrogen-bond acceptors (Lipinski definition) is 3. The lowest BCUT2D eigenvalue weighted by Crippen LogP contribution is -2.48. The third-order valence-electron chi connectivity index (χ3n) is 4.18. The first-order valence-corrected chi connectivity index (χ1v) is 8.80. The molecule has 0 radical (unpaired) electrons. The molecule has 8 heteroatoms. The fraction of sp³-hybridized carbons (Fsp3) is 0.647. The van der Waals surface area contributed by atoms with Crippen molar-refractivity contribution in [2.24, 2.45) is 4.99 Å². The smallest absolute Gasteiger partial charge is 0.219 e. The minimum atomic E-state index is 0. The maximum absolute atomic E-state index is 11.3. The lowest BCUT2D eigenvalue weighted by Gasteiger charge is -2.33. The van der Waals surface area contributed by atoms with Gasteiger partial charge in [-0.1, -0.05) is 0 Å². The summed E-state index contributed by atoms with van der Waals surface area (Å²) >= 11 is 0. The van der Waals surface area contributed by atoms with Crippen molar-refractivity contribution in [3.63, 3.8) is 0 Å². The Kier molecular flexibility index (Phi) is 10.6. The Morgan fingerprint density at radius 1 is 1.08 bits per heavy atom. The maximum Gasteiger partial charge on any atom is 0.219 e. The van der Waals surface area contributed by atoms with Crippen molar-refractivity contribution in [1.82, 2.24) is 25.0 Å². The first-order valence-electron chi connectivity index (χ1n) is 8.80. The van der Waals surface area contributed by atoms with Crippen LogP contribution in [0, 0.1) is 0 Å². The average Bonchev–Trinajstić information content (AvgIpc) is 3.09. The highest BCUT2D eigenvalue weighted by molar-refractivity contribution is 14.0. The summed E-state index contributed by atoms with van der Waals surface area (Å²) in [5.74, 6) is 1.04. The number of rotatable bonds is 7. The number of nitrogens with one attached hydrogen (secondary N) is 2. The lowest BCUT2D eigenvalue weighted by molar-refractivity contribution is -0.130. The van der Waals surface area contributed by atoms with Crippen LogP contribution in [0.5, 0.6) is 0 Å². The van der Waals surface area contributed by atoms with Crippen LogP contribution in [-0.4, -0.2) is 78.6 Å². The van der Waals surface area contributed by atoms with E-state index in [1.165, 1.54) is 0 Å². The normalized spacial score (nSPS) is 15.6. The van der Waals surface area contributed by atoms with E-state index in [4.69, 9.17) is 0 Å². The van der Waals surface area contributed by atoms with Crippen LogP contribution < -0.4 is 10.6 Å². The molecule has 142 valence electrons. The Bertz CT molecular complexity index is 511. The molecule has 0 bridgehead atoms. The highest BCUT2D eigenvalue weighted by Gasteiger charge is 2.17. The number of amides is 1. The van der Waals surface area contributed by atoms with Crippen LogP contribution in [0.3, 0.4) is 0 Å². The number of guanidine groups is 1. The molecule has 2 N–H and O–H groups in total. The third-order valence-corrected chi connectivity index (χ3v) is 4.18. The molecular weight excluding hydrogens is 431 g/mol. The predicted molar refractivity (Wildman–Crippen MR) is 113 cm³/mol. The van der Waals surface area contributed by atoms with Crippen molar-refractivity contribution < 1.29 is 4.79 Å². The van der Waals surface area contributed by atoms with Gasteiger partial charge in [0, 0.05) is 71.7 Å². The molecule has 0 aromatic carbocycles. The number of halogens is 1. The zero-order valence-electron chi connectivity index (χ0n) is 15.3. The number of aromatic nitrogens is 1. The molecule has 0 unspecified atom stereocenters. The molecule has 1 aromatic heterocycles. The number of carbonyl (C=O) groups excluding carboxylic acids is 1. The van der Waals surface area contributed by atoms with Crippen molar-refractivity contribution in [2.45, 2.75) is 20.4 Å². The van der Waals surface area contributed by atoms with Crippen LogP contribution >= 0.6 is 24.0 Å². The first kappa shape index (κ1) is 21.8. The minimum Gasteiger partial charge on any atom is -0.357 e. The maximum atomic E-state index is 11.3. The summed E-state index contributed by atoms with van der Waals surface area (Å²) in [6.45, 7) is 11.6. The highest BCUT2D eigenvalue weighted by atomic mass is 127. The van der Waals surface area contributed by atoms with Crippen molar-refractivity contribution >= 4 is 35.8 Å². The van der Waals surface area contributed by atoms with Crippen LogP contribution in [0.1, 0.15) is 13.8 Å². The molecular formula is C17H31IN6O. The van der Waals surface area contributed by atoms with Gasteiger partial charge in [0.2, 0.25) is 5.91 Å². The summed E-state index contributed by atoms with van der Waals surface area (Å²) < 4.78 is 2.14. The average molecular weight is 462 g/mol. The molecule has 1 fully saturated rings. The number of piperazine rings is 1. The summed E-state index contributed by atoms with van der Waals surface area (Å²) in [4.78, 5) is 20.3. The molecule has 1 aliphatic rings. The quantitative estimate of drug-likeness (QED) is 0.358. The van der Waals surface area contributed by atoms with Gasteiger partial charge in [-0.3, -0.25) is 14.7 Å².